The minimum atomic E-state index is 0.632. The minimum Gasteiger partial charge on any atom is -0.493 e. The van der Waals surface area contributed by atoms with E-state index in [2.05, 4.69) is 4.98 Å². The number of fused-ring (bicyclic) bond motifs is 1. The number of ether oxygens (including phenoxy) is 1. The molecule has 1 aromatic carbocycles. The van der Waals surface area contributed by atoms with Crippen LogP contribution < -0.4 is 4.74 Å². The lowest BCUT2D eigenvalue weighted by Crippen LogP contribution is -1.81. The number of nitrogens with zero attached hydrogens (tertiary/aromatic N) is 1. The monoisotopic (exact) mass is 275 g/mol. The van der Waals surface area contributed by atoms with Gasteiger partial charge in [0, 0.05) is 22.6 Å². The van der Waals surface area contributed by atoms with Crippen LogP contribution in [-0.4, -0.2) is 12.1 Å². The molecule has 0 aliphatic carbocycles. The number of oxazole rings is 1. The molecule has 0 aliphatic rings. The number of aromatic nitrogens is 1. The number of hydrogen-bond acceptors (Lipinski definition) is 3. The Morgan fingerprint density at radius 1 is 1.50 bits per heavy atom. The van der Waals surface area contributed by atoms with Gasteiger partial charge in [0.25, 0.3) is 3.90 Å². The maximum absolute atomic E-state index is 5.34. The van der Waals surface area contributed by atoms with Crippen LogP contribution in [0.25, 0.3) is 11.1 Å². The Morgan fingerprint density at radius 3 is 3.08 bits per heavy atom. The fourth-order valence-electron chi connectivity index (χ4n) is 1.06. The third-order valence-corrected chi connectivity index (χ3v) is 2.03. The summed E-state index contributed by atoms with van der Waals surface area (Å²) in [5, 5.41) is 0. The molecule has 0 fully saturated rings. The number of benzene rings is 1. The second-order valence-electron chi connectivity index (χ2n) is 2.28. The van der Waals surface area contributed by atoms with Crippen molar-refractivity contribution in [2.24, 2.45) is 0 Å². The van der Waals surface area contributed by atoms with Gasteiger partial charge in [-0.2, -0.15) is 0 Å². The molecular weight excluding hydrogens is 269 g/mol. The number of hydrogen-bond donors (Lipinski definition) is 0. The second-order valence-corrected chi connectivity index (χ2v) is 3.20. The van der Waals surface area contributed by atoms with E-state index in [1.54, 1.807) is 7.11 Å². The van der Waals surface area contributed by atoms with Gasteiger partial charge in [0.1, 0.15) is 5.52 Å². The lowest BCUT2D eigenvalue weighted by atomic mass is 10.3. The van der Waals surface area contributed by atoms with E-state index in [9.17, 15) is 0 Å². The van der Waals surface area contributed by atoms with E-state index in [1.165, 1.54) is 0 Å². The van der Waals surface area contributed by atoms with Crippen molar-refractivity contribution in [3.63, 3.8) is 0 Å². The van der Waals surface area contributed by atoms with Crippen molar-refractivity contribution in [1.82, 2.24) is 4.98 Å². The molecule has 0 saturated heterocycles. The van der Waals surface area contributed by atoms with Crippen molar-refractivity contribution in [3.05, 3.63) is 22.1 Å². The Kier molecular flexibility index (Phi) is 1.92. The summed E-state index contributed by atoms with van der Waals surface area (Å²) < 4.78 is 11.1. The van der Waals surface area contributed by atoms with Gasteiger partial charge in [0.05, 0.1) is 7.11 Å². The van der Waals surface area contributed by atoms with Gasteiger partial charge in [0.2, 0.25) is 0 Å². The highest BCUT2D eigenvalue weighted by Gasteiger charge is 2.07. The van der Waals surface area contributed by atoms with E-state index < -0.39 is 0 Å². The Morgan fingerprint density at radius 2 is 2.33 bits per heavy atom. The molecule has 0 saturated carbocycles. The van der Waals surface area contributed by atoms with E-state index in [-0.39, 0.29) is 0 Å². The van der Waals surface area contributed by atoms with Crippen molar-refractivity contribution in [3.8, 4) is 5.75 Å². The molecule has 0 unspecified atom stereocenters. The summed E-state index contributed by atoms with van der Waals surface area (Å²) in [6, 6.07) is 5.63. The number of para-hydroxylation sites is 1. The van der Waals surface area contributed by atoms with Crippen molar-refractivity contribution in [2.45, 2.75) is 0 Å². The maximum Gasteiger partial charge on any atom is 0.258 e. The first-order chi connectivity index (χ1) is 5.81. The molecule has 0 N–H and O–H groups in total. The van der Waals surface area contributed by atoms with Crippen LogP contribution >= 0.6 is 22.6 Å². The maximum atomic E-state index is 5.34. The average Bonchev–Trinajstić information content (AvgIpc) is 2.44. The van der Waals surface area contributed by atoms with Crippen LogP contribution in [0, 0.1) is 3.90 Å². The summed E-state index contributed by atoms with van der Waals surface area (Å²) in [5.74, 6) is 0.725. The first-order valence-corrected chi connectivity index (χ1v) is 4.48. The fourth-order valence-corrected chi connectivity index (χ4v) is 1.54. The molecule has 3 nitrogen and oxygen atoms in total. The number of methoxy groups -OCH3 is 1. The fraction of sp³-hybridized carbons (Fsp3) is 0.125. The van der Waals surface area contributed by atoms with Gasteiger partial charge in [-0.1, -0.05) is 6.07 Å². The van der Waals surface area contributed by atoms with Crippen molar-refractivity contribution < 1.29 is 9.15 Å². The Balaban J connectivity index is 2.78. The SMILES string of the molecule is COc1cccc2nc(I)oc12. The molecule has 2 rings (SSSR count). The summed E-state index contributed by atoms with van der Waals surface area (Å²) in [5.41, 5.74) is 1.54. The molecule has 0 bridgehead atoms. The van der Waals surface area contributed by atoms with Crippen LogP contribution in [-0.2, 0) is 0 Å². The van der Waals surface area contributed by atoms with Gasteiger partial charge in [-0.15, -0.1) is 0 Å². The molecule has 0 spiro atoms. The smallest absolute Gasteiger partial charge is 0.258 e. The summed E-state index contributed by atoms with van der Waals surface area (Å²) in [7, 11) is 1.62. The third kappa shape index (κ3) is 1.16. The van der Waals surface area contributed by atoms with Crippen LogP contribution in [0.5, 0.6) is 5.75 Å². The molecule has 0 aliphatic heterocycles. The predicted molar refractivity (Wildman–Crippen MR) is 53.3 cm³/mol. The lowest BCUT2D eigenvalue weighted by Gasteiger charge is -1.96. The van der Waals surface area contributed by atoms with Gasteiger partial charge < -0.3 is 9.15 Å². The average molecular weight is 275 g/mol. The van der Waals surface area contributed by atoms with E-state index in [1.807, 2.05) is 40.8 Å². The number of halogens is 1. The molecule has 4 heteroatoms. The third-order valence-electron chi connectivity index (χ3n) is 1.57. The quantitative estimate of drug-likeness (QED) is 0.750. The number of rotatable bonds is 1. The standard InChI is InChI=1S/C8H6INO2/c1-11-6-4-2-3-5-7(6)12-8(9)10-5/h2-4H,1H3. The Bertz CT molecular complexity index is 410. The first kappa shape index (κ1) is 7.85. The van der Waals surface area contributed by atoms with E-state index in [0.29, 0.717) is 9.48 Å². The van der Waals surface area contributed by atoms with Gasteiger partial charge in [-0.25, -0.2) is 4.98 Å². The highest BCUT2D eigenvalue weighted by atomic mass is 127. The Labute approximate surface area is 82.9 Å². The molecule has 12 heavy (non-hydrogen) atoms. The molecular formula is C8H6INO2. The predicted octanol–water partition coefficient (Wildman–Crippen LogP) is 2.44. The van der Waals surface area contributed by atoms with Crippen LogP contribution in [0.2, 0.25) is 0 Å². The zero-order valence-corrected chi connectivity index (χ0v) is 8.53. The van der Waals surface area contributed by atoms with Crippen molar-refractivity contribution >= 4 is 33.7 Å². The summed E-state index contributed by atoms with van der Waals surface area (Å²) in [6.45, 7) is 0. The molecule has 2 aromatic rings. The molecule has 1 heterocycles. The molecule has 0 amide bonds. The summed E-state index contributed by atoms with van der Waals surface area (Å²) >= 11 is 2.03. The zero-order valence-electron chi connectivity index (χ0n) is 6.37. The van der Waals surface area contributed by atoms with E-state index >= 15 is 0 Å². The largest absolute Gasteiger partial charge is 0.493 e. The minimum absolute atomic E-state index is 0.632. The zero-order chi connectivity index (χ0) is 8.55. The van der Waals surface area contributed by atoms with E-state index in [0.717, 1.165) is 11.3 Å². The first-order valence-electron chi connectivity index (χ1n) is 3.40. The molecule has 62 valence electrons. The van der Waals surface area contributed by atoms with Gasteiger partial charge in [-0.05, 0) is 12.1 Å². The summed E-state index contributed by atoms with van der Waals surface area (Å²) in [6.07, 6.45) is 0. The molecule has 0 radical (unpaired) electrons. The van der Waals surface area contributed by atoms with Gasteiger partial charge >= 0.3 is 0 Å². The van der Waals surface area contributed by atoms with E-state index in [4.69, 9.17) is 9.15 Å². The lowest BCUT2D eigenvalue weighted by molar-refractivity contribution is 0.408. The van der Waals surface area contributed by atoms with Crippen LogP contribution in [0.15, 0.2) is 22.6 Å². The topological polar surface area (TPSA) is 35.3 Å². The van der Waals surface area contributed by atoms with Gasteiger partial charge in [0.15, 0.2) is 11.3 Å². The molecule has 0 atom stereocenters. The Hall–Kier alpha value is -0.780. The highest BCUT2D eigenvalue weighted by Crippen LogP contribution is 2.26. The van der Waals surface area contributed by atoms with Crippen molar-refractivity contribution in [1.29, 1.82) is 0 Å². The van der Waals surface area contributed by atoms with Crippen LogP contribution in [0.1, 0.15) is 0 Å². The summed E-state index contributed by atoms with van der Waals surface area (Å²) in [4.78, 5) is 4.16. The second kappa shape index (κ2) is 2.93. The highest BCUT2D eigenvalue weighted by molar-refractivity contribution is 14.1. The normalized spacial score (nSPS) is 10.5. The van der Waals surface area contributed by atoms with Crippen LogP contribution in [0.4, 0.5) is 0 Å². The van der Waals surface area contributed by atoms with Crippen molar-refractivity contribution in [2.75, 3.05) is 7.11 Å². The van der Waals surface area contributed by atoms with Crippen LogP contribution in [0.3, 0.4) is 0 Å². The molecule has 1 aromatic heterocycles. The van der Waals surface area contributed by atoms with Gasteiger partial charge in [-0.3, -0.25) is 0 Å².